The van der Waals surface area contributed by atoms with Crippen LogP contribution in [-0.2, 0) is 28.6 Å². The zero-order valence-corrected chi connectivity index (χ0v) is 41.2. The van der Waals surface area contributed by atoms with Crippen LogP contribution in [-0.4, -0.2) is 37.2 Å². The van der Waals surface area contributed by atoms with Gasteiger partial charge in [0.15, 0.2) is 6.10 Å². The summed E-state index contributed by atoms with van der Waals surface area (Å²) in [5, 5.41) is 0. The summed E-state index contributed by atoms with van der Waals surface area (Å²) in [4.78, 5) is 38.0. The molecule has 1 atom stereocenters. The molecule has 61 heavy (non-hydrogen) atoms. The number of esters is 3. The lowest BCUT2D eigenvalue weighted by molar-refractivity contribution is -0.167. The molecule has 0 aliphatic heterocycles. The Kier molecular flexibility index (Phi) is 49.3. The number of carbonyl (C=O) groups excluding carboxylic acids is 3. The maximum atomic E-state index is 12.8. The second kappa shape index (κ2) is 50.8. The highest BCUT2D eigenvalue weighted by molar-refractivity contribution is 5.71. The molecule has 0 radical (unpaired) electrons. The first-order chi connectivity index (χ1) is 30.0. The third kappa shape index (κ3) is 49.0. The van der Waals surface area contributed by atoms with E-state index < -0.39 is 6.10 Å². The lowest BCUT2D eigenvalue weighted by Gasteiger charge is -2.18. The van der Waals surface area contributed by atoms with Gasteiger partial charge in [-0.2, -0.15) is 0 Å². The summed E-state index contributed by atoms with van der Waals surface area (Å²) in [5.41, 5.74) is 0. The van der Waals surface area contributed by atoms with E-state index in [-0.39, 0.29) is 31.1 Å². The van der Waals surface area contributed by atoms with Gasteiger partial charge in [0.05, 0.1) is 0 Å². The molecule has 0 aliphatic rings. The zero-order chi connectivity index (χ0) is 44.4. The topological polar surface area (TPSA) is 78.9 Å². The van der Waals surface area contributed by atoms with Crippen molar-refractivity contribution in [3.05, 3.63) is 12.2 Å². The summed E-state index contributed by atoms with van der Waals surface area (Å²) < 4.78 is 16.8. The van der Waals surface area contributed by atoms with Crippen LogP contribution in [0, 0.1) is 0 Å². The average Bonchev–Trinajstić information content (AvgIpc) is 3.26. The molecule has 1 unspecified atom stereocenters. The zero-order valence-electron chi connectivity index (χ0n) is 41.2. The van der Waals surface area contributed by atoms with E-state index in [1.54, 1.807) is 0 Å². The van der Waals surface area contributed by atoms with E-state index in [4.69, 9.17) is 14.2 Å². The molecule has 0 saturated carbocycles. The van der Waals surface area contributed by atoms with E-state index in [1.807, 2.05) is 0 Å². The molecule has 0 aromatic rings. The number of allylic oxidation sites excluding steroid dienone is 2. The SMILES string of the molecule is CCCCCCCC/C=C\CCCCCCCCCC(=O)OCC(COC(=O)CCCCCCCCCCCCC)OC(=O)CCCCCCCCCCCCCCCCC. The van der Waals surface area contributed by atoms with Crippen molar-refractivity contribution >= 4 is 17.9 Å². The van der Waals surface area contributed by atoms with Gasteiger partial charge in [-0.25, -0.2) is 0 Å². The summed E-state index contributed by atoms with van der Waals surface area (Å²) in [6.45, 7) is 6.67. The molecule has 0 rings (SSSR count). The fourth-order valence-corrected chi connectivity index (χ4v) is 8.14. The van der Waals surface area contributed by atoms with Crippen molar-refractivity contribution in [2.24, 2.45) is 0 Å². The highest BCUT2D eigenvalue weighted by atomic mass is 16.6. The van der Waals surface area contributed by atoms with E-state index in [0.29, 0.717) is 19.3 Å². The second-order valence-corrected chi connectivity index (χ2v) is 18.5. The molecule has 0 N–H and O–H groups in total. The van der Waals surface area contributed by atoms with Crippen molar-refractivity contribution in [2.45, 2.75) is 309 Å². The van der Waals surface area contributed by atoms with Crippen LogP contribution >= 0.6 is 0 Å². The van der Waals surface area contributed by atoms with Gasteiger partial charge >= 0.3 is 17.9 Å². The average molecular weight is 861 g/mol. The largest absolute Gasteiger partial charge is 0.462 e. The summed E-state index contributed by atoms with van der Waals surface area (Å²) in [6, 6.07) is 0. The minimum Gasteiger partial charge on any atom is -0.462 e. The van der Waals surface area contributed by atoms with Crippen LogP contribution in [0.25, 0.3) is 0 Å². The Morgan fingerprint density at radius 1 is 0.311 bits per heavy atom. The Morgan fingerprint density at radius 2 is 0.541 bits per heavy atom. The molecule has 0 bridgehead atoms. The number of ether oxygens (including phenoxy) is 3. The number of unbranched alkanes of at least 4 members (excludes halogenated alkanes) is 37. The van der Waals surface area contributed by atoms with Crippen molar-refractivity contribution in [1.82, 2.24) is 0 Å². The minimum atomic E-state index is -0.764. The smallest absolute Gasteiger partial charge is 0.306 e. The predicted molar refractivity (Wildman–Crippen MR) is 261 cm³/mol. The highest BCUT2D eigenvalue weighted by Gasteiger charge is 2.19. The quantitative estimate of drug-likeness (QED) is 0.0262. The van der Waals surface area contributed by atoms with Crippen LogP contribution in [0.5, 0.6) is 0 Å². The van der Waals surface area contributed by atoms with Crippen LogP contribution in [0.1, 0.15) is 303 Å². The molecule has 360 valence electrons. The number of carbonyl (C=O) groups is 3. The molecule has 0 saturated heterocycles. The van der Waals surface area contributed by atoms with E-state index in [2.05, 4.69) is 32.9 Å². The summed E-state index contributed by atoms with van der Waals surface area (Å²) in [5.74, 6) is -0.851. The van der Waals surface area contributed by atoms with E-state index in [9.17, 15) is 14.4 Å². The van der Waals surface area contributed by atoms with Crippen molar-refractivity contribution in [1.29, 1.82) is 0 Å². The summed E-state index contributed by atoms with van der Waals surface area (Å²) >= 11 is 0. The van der Waals surface area contributed by atoms with Gasteiger partial charge in [0, 0.05) is 19.3 Å². The normalized spacial score (nSPS) is 12.0. The molecule has 0 aromatic carbocycles. The van der Waals surface area contributed by atoms with Crippen LogP contribution in [0.4, 0.5) is 0 Å². The molecule has 0 amide bonds. The summed E-state index contributed by atoms with van der Waals surface area (Å²) in [7, 11) is 0. The fourth-order valence-electron chi connectivity index (χ4n) is 8.14. The Hall–Kier alpha value is -1.85. The van der Waals surface area contributed by atoms with Gasteiger partial charge in [-0.05, 0) is 44.9 Å². The molecular weight excluding hydrogens is 757 g/mol. The molecule has 0 fully saturated rings. The Morgan fingerprint density at radius 3 is 0.820 bits per heavy atom. The van der Waals surface area contributed by atoms with Crippen molar-refractivity contribution in [2.75, 3.05) is 13.2 Å². The Balaban J connectivity index is 4.30. The number of rotatable bonds is 50. The van der Waals surface area contributed by atoms with Gasteiger partial charge < -0.3 is 14.2 Å². The van der Waals surface area contributed by atoms with E-state index >= 15 is 0 Å². The third-order valence-corrected chi connectivity index (χ3v) is 12.3. The molecule has 0 heterocycles. The molecule has 6 nitrogen and oxygen atoms in total. The molecular formula is C55H104O6. The van der Waals surface area contributed by atoms with Gasteiger partial charge in [0.1, 0.15) is 13.2 Å². The van der Waals surface area contributed by atoms with Crippen LogP contribution in [0.3, 0.4) is 0 Å². The van der Waals surface area contributed by atoms with Gasteiger partial charge in [0.2, 0.25) is 0 Å². The van der Waals surface area contributed by atoms with Crippen LogP contribution in [0.15, 0.2) is 12.2 Å². The van der Waals surface area contributed by atoms with E-state index in [0.717, 1.165) is 57.8 Å². The lowest BCUT2D eigenvalue weighted by atomic mass is 10.0. The van der Waals surface area contributed by atoms with Crippen molar-refractivity contribution < 1.29 is 28.6 Å². The molecule has 0 aliphatic carbocycles. The predicted octanol–water partition coefficient (Wildman–Crippen LogP) is 17.8. The standard InChI is InChI=1S/C55H104O6/c1-4-7-10-13-16-19-22-24-26-27-29-30-33-36-39-42-45-48-54(57)60-51-52(50-59-53(56)47-44-41-38-35-32-21-18-15-12-9-6-3)61-55(58)49-46-43-40-37-34-31-28-25-23-20-17-14-11-8-5-2/h24,26,52H,4-23,25,27-51H2,1-3H3/b26-24-. The van der Waals surface area contributed by atoms with Crippen molar-refractivity contribution in [3.8, 4) is 0 Å². The number of hydrogen-bond donors (Lipinski definition) is 0. The third-order valence-electron chi connectivity index (χ3n) is 12.3. The highest BCUT2D eigenvalue weighted by Crippen LogP contribution is 2.16. The molecule has 0 aromatic heterocycles. The second-order valence-electron chi connectivity index (χ2n) is 18.5. The number of hydrogen-bond acceptors (Lipinski definition) is 6. The lowest BCUT2D eigenvalue weighted by Crippen LogP contribution is -2.30. The first-order valence-electron chi connectivity index (χ1n) is 27.2. The Labute approximate surface area is 380 Å². The molecule has 0 spiro atoms. The maximum absolute atomic E-state index is 12.8. The van der Waals surface area contributed by atoms with E-state index in [1.165, 1.54) is 205 Å². The summed E-state index contributed by atoms with van der Waals surface area (Å²) in [6.07, 6.45) is 56.2. The maximum Gasteiger partial charge on any atom is 0.306 e. The van der Waals surface area contributed by atoms with Gasteiger partial charge in [0.25, 0.3) is 0 Å². The molecule has 6 heteroatoms. The van der Waals surface area contributed by atoms with Crippen LogP contribution < -0.4 is 0 Å². The first-order valence-corrected chi connectivity index (χ1v) is 27.2. The van der Waals surface area contributed by atoms with Crippen molar-refractivity contribution in [3.63, 3.8) is 0 Å². The fraction of sp³-hybridized carbons (Fsp3) is 0.909. The monoisotopic (exact) mass is 861 g/mol. The Bertz CT molecular complexity index is 947. The van der Waals surface area contributed by atoms with Gasteiger partial charge in [-0.15, -0.1) is 0 Å². The first kappa shape index (κ1) is 59.1. The van der Waals surface area contributed by atoms with Gasteiger partial charge in [-0.1, -0.05) is 251 Å². The van der Waals surface area contributed by atoms with Crippen LogP contribution in [0.2, 0.25) is 0 Å². The minimum absolute atomic E-state index is 0.0658. The van der Waals surface area contributed by atoms with Gasteiger partial charge in [-0.3, -0.25) is 14.4 Å².